The van der Waals surface area contributed by atoms with Gasteiger partial charge >= 0.3 is 15.6 Å². The molecular formula is C5H10O8P2. The Morgan fingerprint density at radius 3 is 2.13 bits per heavy atom. The summed E-state index contributed by atoms with van der Waals surface area (Å²) < 4.78 is 29.2. The molecule has 8 nitrogen and oxygen atoms in total. The van der Waals surface area contributed by atoms with Gasteiger partial charge < -0.3 is 19.4 Å². The lowest BCUT2D eigenvalue weighted by Gasteiger charge is -2.24. The first-order valence-electron chi connectivity index (χ1n) is 3.84. The maximum Gasteiger partial charge on any atom is 0.536 e. The van der Waals surface area contributed by atoms with Gasteiger partial charge in [-0.1, -0.05) is 0 Å². The quantitative estimate of drug-likeness (QED) is 0.517. The molecule has 4 N–H and O–H groups in total. The van der Waals surface area contributed by atoms with Gasteiger partial charge in [-0.05, 0) is 12.0 Å². The summed E-state index contributed by atoms with van der Waals surface area (Å²) in [5, 5.41) is 8.68. The second-order valence-corrected chi connectivity index (χ2v) is 5.57. The van der Waals surface area contributed by atoms with Crippen LogP contribution in [0.4, 0.5) is 0 Å². The van der Waals surface area contributed by atoms with Crippen LogP contribution in [0.25, 0.3) is 0 Å². The van der Waals surface area contributed by atoms with E-state index in [0.717, 1.165) is 0 Å². The van der Waals surface area contributed by atoms with Crippen molar-refractivity contribution in [2.24, 2.45) is 0 Å². The first kappa shape index (κ1) is 12.9. The van der Waals surface area contributed by atoms with E-state index in [0.29, 0.717) is 18.4 Å². The molecule has 15 heavy (non-hydrogen) atoms. The number of hydrogen-bond donors (Lipinski definition) is 4. The first-order chi connectivity index (χ1) is 6.73. The van der Waals surface area contributed by atoms with Crippen LogP contribution in [0, 0.1) is 0 Å². The van der Waals surface area contributed by atoms with Gasteiger partial charge in [-0.2, -0.15) is 4.31 Å². The van der Waals surface area contributed by atoms with Gasteiger partial charge in [-0.15, -0.1) is 0 Å². The maximum atomic E-state index is 11.0. The Morgan fingerprint density at radius 1 is 1.20 bits per heavy atom. The highest BCUT2D eigenvalue weighted by Gasteiger charge is 2.36. The van der Waals surface area contributed by atoms with E-state index in [1.54, 1.807) is 0 Å². The highest BCUT2D eigenvalue weighted by molar-refractivity contribution is 7.60. The molecule has 0 bridgehead atoms. The van der Waals surface area contributed by atoms with Crippen molar-refractivity contribution >= 4 is 15.6 Å². The zero-order valence-electron chi connectivity index (χ0n) is 7.44. The Balaban J connectivity index is 2.66. The number of allylic oxidation sites excluding steroid dienone is 1. The normalized spacial score (nSPS) is 20.8. The van der Waals surface area contributed by atoms with Crippen LogP contribution >= 0.6 is 15.6 Å². The third kappa shape index (κ3) is 4.04. The molecule has 1 aliphatic carbocycles. The third-order valence-corrected chi connectivity index (χ3v) is 3.80. The molecular weight excluding hydrogens is 250 g/mol. The van der Waals surface area contributed by atoms with E-state index in [1.165, 1.54) is 0 Å². The molecule has 0 saturated carbocycles. The van der Waals surface area contributed by atoms with E-state index < -0.39 is 15.6 Å². The molecule has 0 aromatic rings. The molecule has 0 aromatic carbocycles. The molecule has 0 spiro atoms. The summed E-state index contributed by atoms with van der Waals surface area (Å²) in [6.07, 6.45) is 0.840. The molecule has 0 aliphatic heterocycles. The van der Waals surface area contributed by atoms with Crippen LogP contribution in [-0.2, 0) is 18.0 Å². The fourth-order valence-electron chi connectivity index (χ4n) is 0.972. The lowest BCUT2D eigenvalue weighted by molar-refractivity contribution is 0.194. The Labute approximate surface area is 85.0 Å². The van der Waals surface area contributed by atoms with Crippen LogP contribution < -0.4 is 0 Å². The lowest BCUT2D eigenvalue weighted by atomic mass is 9.97. The smallest absolute Gasteiger partial charge is 0.408 e. The van der Waals surface area contributed by atoms with Crippen molar-refractivity contribution in [1.29, 1.82) is 0 Å². The van der Waals surface area contributed by atoms with Gasteiger partial charge in [0.25, 0.3) is 0 Å². The van der Waals surface area contributed by atoms with Gasteiger partial charge in [0, 0.05) is 6.42 Å². The summed E-state index contributed by atoms with van der Waals surface area (Å²) in [5.74, 6) is 0.0387. The van der Waals surface area contributed by atoms with Gasteiger partial charge in [-0.25, -0.2) is 9.13 Å². The van der Waals surface area contributed by atoms with E-state index >= 15 is 0 Å². The van der Waals surface area contributed by atoms with Gasteiger partial charge in [0.15, 0.2) is 0 Å². The van der Waals surface area contributed by atoms with Crippen molar-refractivity contribution in [1.82, 2.24) is 0 Å². The molecule has 0 heterocycles. The van der Waals surface area contributed by atoms with E-state index in [1.807, 2.05) is 0 Å². The maximum absolute atomic E-state index is 11.0. The molecule has 1 atom stereocenters. The minimum Gasteiger partial charge on any atom is -0.408 e. The zero-order chi connectivity index (χ0) is 11.7. The summed E-state index contributed by atoms with van der Waals surface area (Å²) in [4.78, 5) is 25.5. The average Bonchev–Trinajstić information content (AvgIpc) is 1.95. The summed E-state index contributed by atoms with van der Waals surface area (Å²) in [7, 11) is -9.90. The fourth-order valence-corrected chi connectivity index (χ4v) is 2.68. The van der Waals surface area contributed by atoms with Crippen LogP contribution in [0.2, 0.25) is 0 Å². The molecule has 0 saturated heterocycles. The summed E-state index contributed by atoms with van der Waals surface area (Å²) in [6.45, 7) is -0.328. The van der Waals surface area contributed by atoms with Gasteiger partial charge in [0.05, 0.1) is 6.61 Å². The van der Waals surface area contributed by atoms with E-state index in [9.17, 15) is 9.13 Å². The topological polar surface area (TPSA) is 134 Å². The number of hydrogen-bond acceptors (Lipinski definition) is 5. The average molecular weight is 260 g/mol. The SMILES string of the molecule is O=P(O)(O)OP(=O)(O)OC1=C(CO)CC1. The van der Waals surface area contributed by atoms with Crippen molar-refractivity contribution in [3.63, 3.8) is 0 Å². The van der Waals surface area contributed by atoms with Crippen LogP contribution in [-0.4, -0.2) is 26.4 Å². The van der Waals surface area contributed by atoms with Crippen LogP contribution in [0.1, 0.15) is 12.8 Å². The van der Waals surface area contributed by atoms with Crippen molar-refractivity contribution < 1.29 is 37.8 Å². The molecule has 0 aromatic heterocycles. The number of phosphoric acid groups is 2. The van der Waals surface area contributed by atoms with E-state index in [2.05, 4.69) is 8.83 Å². The Bertz CT molecular complexity index is 367. The number of rotatable bonds is 5. The highest BCUT2D eigenvalue weighted by atomic mass is 31.3. The highest BCUT2D eigenvalue weighted by Crippen LogP contribution is 2.59. The monoisotopic (exact) mass is 260 g/mol. The van der Waals surface area contributed by atoms with E-state index in [4.69, 9.17) is 19.8 Å². The molecule has 1 unspecified atom stereocenters. The number of aliphatic hydroxyl groups is 1. The fraction of sp³-hybridized carbons (Fsp3) is 0.600. The second-order valence-electron chi connectivity index (χ2n) is 2.82. The summed E-state index contributed by atoms with van der Waals surface area (Å²) in [5.41, 5.74) is 0.415. The van der Waals surface area contributed by atoms with E-state index in [-0.39, 0.29) is 12.4 Å². The lowest BCUT2D eigenvalue weighted by Crippen LogP contribution is -2.10. The largest absolute Gasteiger partial charge is 0.536 e. The molecule has 10 heteroatoms. The van der Waals surface area contributed by atoms with Crippen LogP contribution in [0.15, 0.2) is 11.3 Å². The van der Waals surface area contributed by atoms with Crippen molar-refractivity contribution in [2.45, 2.75) is 12.8 Å². The Kier molecular flexibility index (Phi) is 3.73. The minimum absolute atomic E-state index is 0.0387. The Hall–Kier alpha value is -0.200. The predicted octanol–water partition coefficient (Wildman–Crippen LogP) is 0.253. The molecule has 0 fully saturated rings. The summed E-state index contributed by atoms with van der Waals surface area (Å²) in [6, 6.07) is 0. The van der Waals surface area contributed by atoms with Gasteiger partial charge in [0.1, 0.15) is 5.76 Å². The number of phosphoric ester groups is 1. The molecule has 1 aliphatic rings. The molecule has 0 radical (unpaired) electrons. The van der Waals surface area contributed by atoms with Crippen molar-refractivity contribution in [3.8, 4) is 0 Å². The zero-order valence-corrected chi connectivity index (χ0v) is 9.23. The Morgan fingerprint density at radius 2 is 1.80 bits per heavy atom. The number of aliphatic hydroxyl groups excluding tert-OH is 1. The minimum atomic E-state index is -5.08. The second kappa shape index (κ2) is 4.35. The first-order valence-corrected chi connectivity index (χ1v) is 6.87. The van der Waals surface area contributed by atoms with Gasteiger partial charge in [-0.3, -0.25) is 4.89 Å². The van der Waals surface area contributed by atoms with Gasteiger partial charge in [0.2, 0.25) is 0 Å². The standard InChI is InChI=1S/C5H10O8P2/c6-3-4-1-2-5(4)12-15(10,11)13-14(7,8)9/h6H,1-3H2,(H,10,11)(H2,7,8,9). The van der Waals surface area contributed by atoms with Crippen LogP contribution in [0.3, 0.4) is 0 Å². The predicted molar refractivity (Wildman–Crippen MR) is 47.4 cm³/mol. The van der Waals surface area contributed by atoms with Crippen molar-refractivity contribution in [2.75, 3.05) is 6.61 Å². The molecule has 88 valence electrons. The molecule has 0 amide bonds. The molecule has 1 rings (SSSR count). The van der Waals surface area contributed by atoms with Crippen molar-refractivity contribution in [3.05, 3.63) is 11.3 Å². The third-order valence-electron chi connectivity index (χ3n) is 1.67. The summed E-state index contributed by atoms with van der Waals surface area (Å²) >= 11 is 0. The van der Waals surface area contributed by atoms with Crippen LogP contribution in [0.5, 0.6) is 0 Å².